The Kier molecular flexibility index (Phi) is 5.49. The number of carbonyl (C=O) groups is 1. The van der Waals surface area contributed by atoms with Crippen molar-refractivity contribution in [3.63, 3.8) is 0 Å². The van der Waals surface area contributed by atoms with E-state index in [0.717, 1.165) is 25.9 Å². The molecule has 0 unspecified atom stereocenters. The molecule has 0 atom stereocenters. The van der Waals surface area contributed by atoms with E-state index in [1.54, 1.807) is 7.11 Å². The summed E-state index contributed by atoms with van der Waals surface area (Å²) in [5.74, 6) is -0.0239. The first-order chi connectivity index (χ1) is 11.8. The first-order valence-electron chi connectivity index (χ1n) is 8.47. The predicted molar refractivity (Wildman–Crippen MR) is 96.5 cm³/mol. The highest BCUT2D eigenvalue weighted by molar-refractivity contribution is 5.94. The zero-order valence-electron chi connectivity index (χ0n) is 14.1. The van der Waals surface area contributed by atoms with E-state index in [1.807, 2.05) is 24.3 Å². The molecular formula is C20H24N2O2. The number of anilines is 1. The van der Waals surface area contributed by atoms with Crippen LogP contribution in [0.4, 0.5) is 5.69 Å². The van der Waals surface area contributed by atoms with Crippen LogP contribution in [0.25, 0.3) is 0 Å². The number of methoxy groups -OCH3 is 1. The van der Waals surface area contributed by atoms with Crippen LogP contribution >= 0.6 is 0 Å². The van der Waals surface area contributed by atoms with Crippen LogP contribution in [-0.2, 0) is 17.7 Å². The second-order valence-corrected chi connectivity index (χ2v) is 6.10. The number of ether oxygens (including phenoxy) is 1. The van der Waals surface area contributed by atoms with Gasteiger partial charge in [-0.25, -0.2) is 0 Å². The molecule has 0 bridgehead atoms. The number of para-hydroxylation sites is 1. The van der Waals surface area contributed by atoms with Crippen LogP contribution in [0.1, 0.15) is 27.9 Å². The topological polar surface area (TPSA) is 41.6 Å². The van der Waals surface area contributed by atoms with E-state index in [1.165, 1.54) is 16.8 Å². The Bertz CT molecular complexity index is 682. The second kappa shape index (κ2) is 7.97. The summed E-state index contributed by atoms with van der Waals surface area (Å²) < 4.78 is 4.98. The van der Waals surface area contributed by atoms with E-state index < -0.39 is 0 Å². The van der Waals surface area contributed by atoms with Crippen LogP contribution in [0.15, 0.2) is 48.5 Å². The minimum absolute atomic E-state index is 0.0239. The number of amides is 1. The highest BCUT2D eigenvalue weighted by Crippen LogP contribution is 2.28. The Morgan fingerprint density at radius 2 is 1.96 bits per heavy atom. The van der Waals surface area contributed by atoms with Crippen LogP contribution in [0.2, 0.25) is 0 Å². The third-order valence-electron chi connectivity index (χ3n) is 4.38. The van der Waals surface area contributed by atoms with Gasteiger partial charge < -0.3 is 15.0 Å². The van der Waals surface area contributed by atoms with Crippen molar-refractivity contribution < 1.29 is 9.53 Å². The minimum Gasteiger partial charge on any atom is -0.385 e. The summed E-state index contributed by atoms with van der Waals surface area (Å²) in [4.78, 5) is 14.5. The van der Waals surface area contributed by atoms with Crippen molar-refractivity contribution in [3.05, 3.63) is 65.2 Å². The maximum Gasteiger partial charge on any atom is 0.251 e. The Balaban J connectivity index is 1.56. The predicted octanol–water partition coefficient (Wildman–Crippen LogP) is 3.02. The molecule has 2 aromatic carbocycles. The molecule has 3 rings (SSSR count). The Labute approximate surface area is 143 Å². The van der Waals surface area contributed by atoms with Gasteiger partial charge in [0.15, 0.2) is 0 Å². The van der Waals surface area contributed by atoms with Gasteiger partial charge in [-0.2, -0.15) is 0 Å². The molecule has 0 aromatic heterocycles. The molecule has 0 aliphatic carbocycles. The number of hydrogen-bond acceptors (Lipinski definition) is 3. The monoisotopic (exact) mass is 324 g/mol. The maximum atomic E-state index is 12.1. The lowest BCUT2D eigenvalue weighted by molar-refractivity contribution is 0.0948. The number of benzene rings is 2. The number of nitrogens with zero attached hydrogens (tertiary/aromatic N) is 1. The van der Waals surface area contributed by atoms with Gasteiger partial charge in [-0.3, -0.25) is 4.79 Å². The van der Waals surface area contributed by atoms with Gasteiger partial charge in [0.05, 0.1) is 0 Å². The van der Waals surface area contributed by atoms with Crippen LogP contribution in [0.3, 0.4) is 0 Å². The second-order valence-electron chi connectivity index (χ2n) is 6.10. The van der Waals surface area contributed by atoms with Gasteiger partial charge >= 0.3 is 0 Å². The van der Waals surface area contributed by atoms with Gasteiger partial charge in [0.25, 0.3) is 5.91 Å². The quantitative estimate of drug-likeness (QED) is 0.796. The number of nitrogens with one attached hydrogen (secondary N) is 1. The standard InChI is InChI=1S/C20H24N2O2/c1-24-14-4-12-21-20(23)18-9-7-16(8-10-18)15-22-13-11-17-5-2-3-6-19(17)22/h2-3,5-10H,4,11-15H2,1H3,(H,21,23). The van der Waals surface area contributed by atoms with E-state index in [2.05, 4.69) is 34.5 Å². The van der Waals surface area contributed by atoms with Crippen molar-refractivity contribution in [2.24, 2.45) is 0 Å². The molecule has 1 amide bonds. The third-order valence-corrected chi connectivity index (χ3v) is 4.38. The first kappa shape index (κ1) is 16.5. The lowest BCUT2D eigenvalue weighted by Crippen LogP contribution is -2.25. The van der Waals surface area contributed by atoms with Crippen LogP contribution in [0.5, 0.6) is 0 Å². The fraction of sp³-hybridized carbons (Fsp3) is 0.350. The summed E-state index contributed by atoms with van der Waals surface area (Å²) in [6.07, 6.45) is 1.94. The summed E-state index contributed by atoms with van der Waals surface area (Å²) in [5, 5.41) is 2.91. The van der Waals surface area contributed by atoms with Crippen molar-refractivity contribution in [1.82, 2.24) is 5.32 Å². The van der Waals surface area contributed by atoms with Crippen molar-refractivity contribution in [2.75, 3.05) is 31.7 Å². The van der Waals surface area contributed by atoms with Gasteiger partial charge in [0.1, 0.15) is 0 Å². The zero-order valence-corrected chi connectivity index (χ0v) is 14.1. The fourth-order valence-corrected chi connectivity index (χ4v) is 3.07. The molecule has 1 aliphatic heterocycles. The van der Waals surface area contributed by atoms with E-state index in [4.69, 9.17) is 4.74 Å². The minimum atomic E-state index is -0.0239. The Morgan fingerprint density at radius 1 is 1.17 bits per heavy atom. The first-order valence-corrected chi connectivity index (χ1v) is 8.47. The van der Waals surface area contributed by atoms with E-state index in [-0.39, 0.29) is 5.91 Å². The summed E-state index contributed by atoms with van der Waals surface area (Å²) in [5.41, 5.74) is 4.68. The molecule has 1 N–H and O–H groups in total. The van der Waals surface area contributed by atoms with Gasteiger partial charge in [-0.05, 0) is 42.2 Å². The average molecular weight is 324 g/mol. The van der Waals surface area contributed by atoms with Gasteiger partial charge in [0, 0.05) is 44.6 Å². The van der Waals surface area contributed by atoms with Gasteiger partial charge in [-0.1, -0.05) is 30.3 Å². The normalized spacial score (nSPS) is 13.0. The number of hydrogen-bond donors (Lipinski definition) is 1. The van der Waals surface area contributed by atoms with Crippen molar-refractivity contribution >= 4 is 11.6 Å². The molecule has 0 radical (unpaired) electrons. The maximum absolute atomic E-state index is 12.1. The molecule has 4 heteroatoms. The highest BCUT2D eigenvalue weighted by Gasteiger charge is 2.18. The average Bonchev–Trinajstić information content (AvgIpc) is 3.02. The van der Waals surface area contributed by atoms with E-state index in [0.29, 0.717) is 18.7 Å². The molecule has 24 heavy (non-hydrogen) atoms. The van der Waals surface area contributed by atoms with Crippen molar-refractivity contribution in [2.45, 2.75) is 19.4 Å². The summed E-state index contributed by atoms with van der Waals surface area (Å²) in [6.45, 7) is 3.24. The molecular weight excluding hydrogens is 300 g/mol. The molecule has 0 saturated heterocycles. The summed E-state index contributed by atoms with van der Waals surface area (Å²) in [6, 6.07) is 16.5. The fourth-order valence-electron chi connectivity index (χ4n) is 3.07. The van der Waals surface area contributed by atoms with Crippen molar-refractivity contribution in [3.8, 4) is 0 Å². The zero-order chi connectivity index (χ0) is 16.8. The molecule has 0 spiro atoms. The largest absolute Gasteiger partial charge is 0.385 e. The van der Waals surface area contributed by atoms with Gasteiger partial charge in [0.2, 0.25) is 0 Å². The molecule has 0 saturated carbocycles. The Morgan fingerprint density at radius 3 is 2.75 bits per heavy atom. The molecule has 1 heterocycles. The lowest BCUT2D eigenvalue weighted by atomic mass is 10.1. The molecule has 2 aromatic rings. The lowest BCUT2D eigenvalue weighted by Gasteiger charge is -2.19. The van der Waals surface area contributed by atoms with Crippen LogP contribution in [-0.4, -0.2) is 32.7 Å². The van der Waals surface area contributed by atoms with Gasteiger partial charge in [-0.15, -0.1) is 0 Å². The third kappa shape index (κ3) is 3.95. The van der Waals surface area contributed by atoms with Crippen LogP contribution in [0, 0.1) is 0 Å². The summed E-state index contributed by atoms with van der Waals surface area (Å²) >= 11 is 0. The highest BCUT2D eigenvalue weighted by atomic mass is 16.5. The van der Waals surface area contributed by atoms with Crippen LogP contribution < -0.4 is 10.2 Å². The number of carbonyl (C=O) groups excluding carboxylic acids is 1. The number of fused-ring (bicyclic) bond motifs is 1. The van der Waals surface area contributed by atoms with Crippen molar-refractivity contribution in [1.29, 1.82) is 0 Å². The Hall–Kier alpha value is -2.33. The van der Waals surface area contributed by atoms with E-state index >= 15 is 0 Å². The summed E-state index contributed by atoms with van der Waals surface area (Å²) in [7, 11) is 1.67. The van der Waals surface area contributed by atoms with E-state index in [9.17, 15) is 4.79 Å². The molecule has 0 fully saturated rings. The SMILES string of the molecule is COCCCNC(=O)c1ccc(CN2CCc3ccccc32)cc1. The smallest absolute Gasteiger partial charge is 0.251 e. The molecule has 126 valence electrons. The number of rotatable bonds is 7. The molecule has 4 nitrogen and oxygen atoms in total. The molecule has 1 aliphatic rings.